The van der Waals surface area contributed by atoms with Crippen LogP contribution >= 0.6 is 34.3 Å². The van der Waals surface area contributed by atoms with Gasteiger partial charge in [0.15, 0.2) is 17.4 Å². The average molecular weight is 488 g/mol. The number of hydrogen-bond acceptors (Lipinski definition) is 9. The predicted molar refractivity (Wildman–Crippen MR) is 116 cm³/mol. The fourth-order valence-corrected chi connectivity index (χ4v) is 4.78. The molecule has 2 aromatic heterocycles. The van der Waals surface area contributed by atoms with E-state index >= 15 is 0 Å². The molecule has 0 bridgehead atoms. The quantitative estimate of drug-likeness (QED) is 0.501. The SMILES string of the molecule is CCOC(=O)c1csc(C(COC)N2CCN(C(=O)COc3ccc(Cl)s3)CC2=O)n1. The van der Waals surface area contributed by atoms with E-state index in [4.69, 9.17) is 25.8 Å². The molecule has 1 fully saturated rings. The largest absolute Gasteiger partial charge is 0.474 e. The van der Waals surface area contributed by atoms with Crippen molar-refractivity contribution in [3.05, 3.63) is 32.6 Å². The minimum atomic E-state index is -0.505. The van der Waals surface area contributed by atoms with Gasteiger partial charge in [-0.05, 0) is 19.1 Å². The second kappa shape index (κ2) is 10.9. The van der Waals surface area contributed by atoms with Gasteiger partial charge in [-0.3, -0.25) is 9.59 Å². The number of piperazine rings is 1. The lowest BCUT2D eigenvalue weighted by Gasteiger charge is -2.38. The van der Waals surface area contributed by atoms with Gasteiger partial charge in [-0.2, -0.15) is 0 Å². The molecule has 0 aromatic carbocycles. The number of esters is 1. The van der Waals surface area contributed by atoms with E-state index in [0.717, 1.165) is 0 Å². The molecule has 12 heteroatoms. The molecule has 3 rings (SSSR count). The van der Waals surface area contributed by atoms with Crippen LogP contribution in [-0.2, 0) is 19.1 Å². The van der Waals surface area contributed by atoms with Crippen molar-refractivity contribution in [3.8, 4) is 5.06 Å². The standard InChI is InChI=1S/C19H22ClN3O6S2/c1-3-28-19(26)12-11-30-18(21-12)13(9-27-2)23-7-6-22(8-15(23)24)16(25)10-29-17-5-4-14(20)31-17/h4-5,11,13H,3,6-10H2,1-2H3. The van der Waals surface area contributed by atoms with Crippen LogP contribution in [0.15, 0.2) is 17.5 Å². The molecule has 1 aliphatic heterocycles. The van der Waals surface area contributed by atoms with E-state index in [-0.39, 0.29) is 43.9 Å². The first-order valence-electron chi connectivity index (χ1n) is 9.49. The molecule has 1 atom stereocenters. The summed E-state index contributed by atoms with van der Waals surface area (Å²) in [6, 6.07) is 2.93. The van der Waals surface area contributed by atoms with E-state index in [1.807, 2.05) is 0 Å². The van der Waals surface area contributed by atoms with Gasteiger partial charge in [0.2, 0.25) is 5.91 Å². The number of aromatic nitrogens is 1. The van der Waals surface area contributed by atoms with Gasteiger partial charge in [0.05, 0.1) is 24.1 Å². The first-order chi connectivity index (χ1) is 14.9. The van der Waals surface area contributed by atoms with Gasteiger partial charge in [-0.25, -0.2) is 9.78 Å². The third-order valence-corrected chi connectivity index (χ3v) is 6.58. The Hall–Kier alpha value is -2.21. The summed E-state index contributed by atoms with van der Waals surface area (Å²) >= 11 is 8.35. The van der Waals surface area contributed by atoms with Crippen molar-refractivity contribution < 1.29 is 28.6 Å². The van der Waals surface area contributed by atoms with Crippen LogP contribution in [0.1, 0.15) is 28.5 Å². The summed E-state index contributed by atoms with van der Waals surface area (Å²) in [5, 5.41) is 2.73. The molecule has 0 spiro atoms. The van der Waals surface area contributed by atoms with E-state index in [2.05, 4.69) is 4.98 Å². The highest BCUT2D eigenvalue weighted by Gasteiger charge is 2.34. The second-order valence-electron chi connectivity index (χ2n) is 6.51. The van der Waals surface area contributed by atoms with Gasteiger partial charge in [0.25, 0.3) is 5.91 Å². The Morgan fingerprint density at radius 2 is 2.13 bits per heavy atom. The average Bonchev–Trinajstić information content (AvgIpc) is 3.40. The Balaban J connectivity index is 1.61. The highest BCUT2D eigenvalue weighted by atomic mass is 35.5. The smallest absolute Gasteiger partial charge is 0.357 e. The first kappa shape index (κ1) is 23.5. The van der Waals surface area contributed by atoms with Gasteiger partial charge in [0, 0.05) is 25.6 Å². The van der Waals surface area contributed by atoms with E-state index in [1.54, 1.807) is 29.3 Å². The topological polar surface area (TPSA) is 98.3 Å². The Morgan fingerprint density at radius 1 is 1.32 bits per heavy atom. The van der Waals surface area contributed by atoms with Crippen LogP contribution in [0.5, 0.6) is 5.06 Å². The number of thiazole rings is 1. The van der Waals surface area contributed by atoms with Crippen molar-refractivity contribution >= 4 is 52.1 Å². The van der Waals surface area contributed by atoms with Crippen molar-refractivity contribution in [2.45, 2.75) is 13.0 Å². The van der Waals surface area contributed by atoms with E-state index < -0.39 is 12.0 Å². The van der Waals surface area contributed by atoms with E-state index in [0.29, 0.717) is 27.5 Å². The zero-order valence-electron chi connectivity index (χ0n) is 17.0. The Kier molecular flexibility index (Phi) is 8.24. The number of halogens is 1. The van der Waals surface area contributed by atoms with E-state index in [9.17, 15) is 14.4 Å². The number of nitrogens with zero attached hydrogens (tertiary/aromatic N) is 3. The number of carbonyl (C=O) groups excluding carboxylic acids is 3. The molecule has 31 heavy (non-hydrogen) atoms. The maximum absolute atomic E-state index is 12.8. The minimum absolute atomic E-state index is 0.0658. The van der Waals surface area contributed by atoms with Crippen LogP contribution in [0.4, 0.5) is 0 Å². The van der Waals surface area contributed by atoms with Gasteiger partial charge in [-0.1, -0.05) is 22.9 Å². The molecule has 3 heterocycles. The molecule has 0 saturated carbocycles. The van der Waals surface area contributed by atoms with Crippen molar-refractivity contribution in [3.63, 3.8) is 0 Å². The van der Waals surface area contributed by atoms with Crippen LogP contribution in [0.2, 0.25) is 4.34 Å². The number of carbonyl (C=O) groups is 3. The van der Waals surface area contributed by atoms with Crippen molar-refractivity contribution in [1.29, 1.82) is 0 Å². The molecule has 0 radical (unpaired) electrons. The Morgan fingerprint density at radius 3 is 2.77 bits per heavy atom. The molecular weight excluding hydrogens is 466 g/mol. The normalized spacial score (nSPS) is 15.1. The van der Waals surface area contributed by atoms with Gasteiger partial charge in [-0.15, -0.1) is 11.3 Å². The summed E-state index contributed by atoms with van der Waals surface area (Å²) < 4.78 is 16.3. The van der Waals surface area contributed by atoms with Crippen LogP contribution in [-0.4, -0.2) is 79.1 Å². The number of hydrogen-bond donors (Lipinski definition) is 0. The van der Waals surface area contributed by atoms with Crippen molar-refractivity contribution in [2.24, 2.45) is 0 Å². The monoisotopic (exact) mass is 487 g/mol. The molecule has 1 unspecified atom stereocenters. The zero-order valence-corrected chi connectivity index (χ0v) is 19.4. The summed E-state index contributed by atoms with van der Waals surface area (Å²) in [6.45, 7) is 2.64. The number of rotatable bonds is 9. The lowest BCUT2D eigenvalue weighted by Crippen LogP contribution is -2.54. The number of thiophene rings is 1. The predicted octanol–water partition coefficient (Wildman–Crippen LogP) is 2.47. The third-order valence-electron chi connectivity index (χ3n) is 4.49. The van der Waals surface area contributed by atoms with Crippen LogP contribution < -0.4 is 4.74 Å². The lowest BCUT2D eigenvalue weighted by molar-refractivity contribution is -0.149. The van der Waals surface area contributed by atoms with Crippen LogP contribution in [0, 0.1) is 0 Å². The molecule has 2 aromatic rings. The summed E-state index contributed by atoms with van der Waals surface area (Å²) in [4.78, 5) is 44.6. The third kappa shape index (κ3) is 5.94. The number of amides is 2. The summed E-state index contributed by atoms with van der Waals surface area (Å²) in [5.74, 6) is -1.01. The molecule has 0 aliphatic carbocycles. The van der Waals surface area contributed by atoms with Crippen molar-refractivity contribution in [1.82, 2.24) is 14.8 Å². The molecule has 1 aliphatic rings. The second-order valence-corrected chi connectivity index (χ2v) is 9.08. The first-order valence-corrected chi connectivity index (χ1v) is 11.6. The molecule has 168 valence electrons. The molecule has 2 amide bonds. The number of ether oxygens (including phenoxy) is 3. The summed E-state index contributed by atoms with van der Waals surface area (Å²) in [6.07, 6.45) is 0. The lowest BCUT2D eigenvalue weighted by atomic mass is 10.2. The van der Waals surface area contributed by atoms with Crippen LogP contribution in [0.25, 0.3) is 0 Å². The van der Waals surface area contributed by atoms with E-state index in [1.165, 1.54) is 34.7 Å². The highest BCUT2D eigenvalue weighted by Crippen LogP contribution is 2.29. The van der Waals surface area contributed by atoms with Gasteiger partial charge in [0.1, 0.15) is 11.0 Å². The van der Waals surface area contributed by atoms with Gasteiger partial charge >= 0.3 is 5.97 Å². The van der Waals surface area contributed by atoms with Gasteiger partial charge < -0.3 is 24.0 Å². The molecule has 0 N–H and O–H groups in total. The molecule has 1 saturated heterocycles. The highest BCUT2D eigenvalue weighted by molar-refractivity contribution is 7.17. The fraction of sp³-hybridized carbons (Fsp3) is 0.474. The molecule has 9 nitrogen and oxygen atoms in total. The Labute approximate surface area is 192 Å². The zero-order chi connectivity index (χ0) is 22.4. The Bertz CT molecular complexity index is 933. The van der Waals surface area contributed by atoms with Crippen molar-refractivity contribution in [2.75, 3.05) is 46.6 Å². The minimum Gasteiger partial charge on any atom is -0.474 e. The maximum atomic E-state index is 12.8. The van der Waals surface area contributed by atoms with Crippen LogP contribution in [0.3, 0.4) is 0 Å². The summed E-state index contributed by atoms with van der Waals surface area (Å²) in [7, 11) is 1.53. The molecular formula is C19H22ClN3O6S2. The summed E-state index contributed by atoms with van der Waals surface area (Å²) in [5.41, 5.74) is 0.204. The fourth-order valence-electron chi connectivity index (χ4n) is 3.02. The maximum Gasteiger partial charge on any atom is 0.357 e. The number of methoxy groups -OCH3 is 1.